The summed E-state index contributed by atoms with van der Waals surface area (Å²) in [6.07, 6.45) is 4.56. The average molecular weight is 298 g/mol. The summed E-state index contributed by atoms with van der Waals surface area (Å²) in [7, 11) is 0. The normalized spacial score (nSPS) is 22.8. The molecule has 0 spiro atoms. The Hall–Kier alpha value is -0.770. The van der Waals surface area contributed by atoms with Gasteiger partial charge in [-0.25, -0.2) is 0 Å². The molecule has 1 aromatic rings. The molecule has 0 aromatic heterocycles. The summed E-state index contributed by atoms with van der Waals surface area (Å²) in [5, 5.41) is 14.1. The van der Waals surface area contributed by atoms with Gasteiger partial charge in [-0.1, -0.05) is 31.0 Å². The Morgan fingerprint density at radius 1 is 1.35 bits per heavy atom. The van der Waals surface area contributed by atoms with E-state index in [9.17, 15) is 5.11 Å². The van der Waals surface area contributed by atoms with Crippen LogP contribution in [-0.4, -0.2) is 23.9 Å². The van der Waals surface area contributed by atoms with Gasteiger partial charge in [-0.05, 0) is 44.4 Å². The lowest BCUT2D eigenvalue weighted by Crippen LogP contribution is -2.35. The Balaban J connectivity index is 2.07. The minimum Gasteiger partial charge on any atom is -0.487 e. The summed E-state index contributed by atoms with van der Waals surface area (Å²) in [4.78, 5) is 0. The molecule has 0 aliphatic heterocycles. The molecule has 1 aliphatic carbocycles. The lowest BCUT2D eigenvalue weighted by Gasteiger charge is -2.29. The number of aliphatic hydroxyl groups excluding tert-OH is 1. The largest absolute Gasteiger partial charge is 0.487 e. The summed E-state index contributed by atoms with van der Waals surface area (Å²) in [6.45, 7) is 3.79. The zero-order chi connectivity index (χ0) is 14.4. The van der Waals surface area contributed by atoms with E-state index in [1.165, 1.54) is 0 Å². The average Bonchev–Trinajstić information content (AvgIpc) is 2.44. The van der Waals surface area contributed by atoms with Gasteiger partial charge in [-0.15, -0.1) is 0 Å². The summed E-state index contributed by atoms with van der Waals surface area (Å²) in [5.74, 6) is 0.798. The summed E-state index contributed by atoms with van der Waals surface area (Å²) in [6, 6.07) is 5.72. The predicted octanol–water partition coefficient (Wildman–Crippen LogP) is 3.52. The Morgan fingerprint density at radius 2 is 2.15 bits per heavy atom. The van der Waals surface area contributed by atoms with Gasteiger partial charge in [0.15, 0.2) is 0 Å². The quantitative estimate of drug-likeness (QED) is 0.789. The SMILES string of the molecule is CCCNCc1c(Cl)cccc1OC1CCCCC1O. The predicted molar refractivity (Wildman–Crippen MR) is 82.3 cm³/mol. The summed E-state index contributed by atoms with van der Waals surface area (Å²) in [5.41, 5.74) is 0.986. The van der Waals surface area contributed by atoms with Crippen LogP contribution in [0.5, 0.6) is 5.75 Å². The number of halogens is 1. The van der Waals surface area contributed by atoms with E-state index in [0.717, 1.165) is 55.0 Å². The Labute approximate surface area is 126 Å². The third-order valence-corrected chi connectivity index (χ3v) is 4.10. The monoisotopic (exact) mass is 297 g/mol. The molecule has 2 rings (SSSR count). The first-order valence-electron chi connectivity index (χ1n) is 7.55. The second kappa shape index (κ2) is 7.87. The number of nitrogens with one attached hydrogen (secondary N) is 1. The van der Waals surface area contributed by atoms with Crippen LogP contribution in [0.15, 0.2) is 18.2 Å². The number of hydrogen-bond acceptors (Lipinski definition) is 3. The molecular formula is C16H24ClNO2. The minimum absolute atomic E-state index is 0.104. The first-order valence-corrected chi connectivity index (χ1v) is 7.93. The molecule has 0 radical (unpaired) electrons. The van der Waals surface area contributed by atoms with Crippen LogP contribution in [0.1, 0.15) is 44.6 Å². The van der Waals surface area contributed by atoms with E-state index in [2.05, 4.69) is 12.2 Å². The Kier molecular flexibility index (Phi) is 6.14. The van der Waals surface area contributed by atoms with Crippen molar-refractivity contribution in [3.05, 3.63) is 28.8 Å². The van der Waals surface area contributed by atoms with Crippen molar-refractivity contribution in [2.75, 3.05) is 6.54 Å². The standard InChI is InChI=1S/C16H24ClNO2/c1-2-10-18-11-12-13(17)6-5-9-15(12)20-16-8-4-3-7-14(16)19/h5-6,9,14,16,18-19H,2-4,7-8,10-11H2,1H3. The molecule has 2 atom stereocenters. The van der Waals surface area contributed by atoms with Crippen molar-refractivity contribution < 1.29 is 9.84 Å². The van der Waals surface area contributed by atoms with E-state index in [4.69, 9.17) is 16.3 Å². The number of aliphatic hydroxyl groups is 1. The van der Waals surface area contributed by atoms with Gasteiger partial charge in [0.05, 0.1) is 6.10 Å². The van der Waals surface area contributed by atoms with Crippen LogP contribution in [0, 0.1) is 0 Å². The zero-order valence-corrected chi connectivity index (χ0v) is 12.8. The van der Waals surface area contributed by atoms with Crippen LogP contribution < -0.4 is 10.1 Å². The molecule has 0 amide bonds. The molecule has 2 N–H and O–H groups in total. The van der Waals surface area contributed by atoms with Crippen LogP contribution in [0.25, 0.3) is 0 Å². The fraction of sp³-hybridized carbons (Fsp3) is 0.625. The van der Waals surface area contributed by atoms with E-state index in [1.807, 2.05) is 18.2 Å². The molecule has 2 unspecified atom stereocenters. The Bertz CT molecular complexity index is 425. The maximum atomic E-state index is 10.0. The number of benzene rings is 1. The summed E-state index contributed by atoms with van der Waals surface area (Å²) >= 11 is 6.28. The third-order valence-electron chi connectivity index (χ3n) is 3.75. The number of rotatable bonds is 6. The van der Waals surface area contributed by atoms with E-state index in [0.29, 0.717) is 6.54 Å². The van der Waals surface area contributed by atoms with E-state index in [1.54, 1.807) is 0 Å². The van der Waals surface area contributed by atoms with Crippen molar-refractivity contribution in [3.63, 3.8) is 0 Å². The van der Waals surface area contributed by atoms with Crippen LogP contribution in [0.3, 0.4) is 0 Å². The molecule has 112 valence electrons. The number of ether oxygens (including phenoxy) is 1. The van der Waals surface area contributed by atoms with Crippen molar-refractivity contribution in [3.8, 4) is 5.75 Å². The molecule has 20 heavy (non-hydrogen) atoms. The fourth-order valence-corrected chi connectivity index (χ4v) is 2.82. The van der Waals surface area contributed by atoms with Crippen LogP contribution in [-0.2, 0) is 6.54 Å². The van der Waals surface area contributed by atoms with Crippen molar-refractivity contribution >= 4 is 11.6 Å². The fourth-order valence-electron chi connectivity index (χ4n) is 2.59. The van der Waals surface area contributed by atoms with Crippen molar-refractivity contribution in [2.45, 2.75) is 57.8 Å². The molecule has 0 heterocycles. The number of hydrogen-bond donors (Lipinski definition) is 2. The highest BCUT2D eigenvalue weighted by Crippen LogP contribution is 2.30. The molecule has 0 saturated heterocycles. The highest BCUT2D eigenvalue weighted by atomic mass is 35.5. The van der Waals surface area contributed by atoms with Gasteiger partial charge in [0, 0.05) is 17.1 Å². The second-order valence-electron chi connectivity index (χ2n) is 5.40. The summed E-state index contributed by atoms with van der Waals surface area (Å²) < 4.78 is 6.04. The van der Waals surface area contributed by atoms with Crippen molar-refractivity contribution in [2.24, 2.45) is 0 Å². The van der Waals surface area contributed by atoms with Gasteiger partial charge in [-0.3, -0.25) is 0 Å². The molecular weight excluding hydrogens is 274 g/mol. The third kappa shape index (κ3) is 4.11. The smallest absolute Gasteiger partial charge is 0.125 e. The van der Waals surface area contributed by atoms with Crippen LogP contribution in [0.2, 0.25) is 5.02 Å². The van der Waals surface area contributed by atoms with Gasteiger partial charge in [0.1, 0.15) is 11.9 Å². The zero-order valence-electron chi connectivity index (χ0n) is 12.1. The van der Waals surface area contributed by atoms with E-state index >= 15 is 0 Å². The van der Waals surface area contributed by atoms with Gasteiger partial charge < -0.3 is 15.2 Å². The maximum absolute atomic E-state index is 10.0. The molecule has 1 saturated carbocycles. The molecule has 1 fully saturated rings. The van der Waals surface area contributed by atoms with Crippen molar-refractivity contribution in [1.82, 2.24) is 5.32 Å². The first-order chi connectivity index (χ1) is 9.72. The van der Waals surface area contributed by atoms with Crippen LogP contribution in [0.4, 0.5) is 0 Å². The van der Waals surface area contributed by atoms with Gasteiger partial charge in [-0.2, -0.15) is 0 Å². The highest BCUT2D eigenvalue weighted by Gasteiger charge is 2.25. The van der Waals surface area contributed by atoms with Gasteiger partial charge >= 0.3 is 0 Å². The lowest BCUT2D eigenvalue weighted by atomic mass is 9.95. The molecule has 3 nitrogen and oxygen atoms in total. The van der Waals surface area contributed by atoms with Crippen molar-refractivity contribution in [1.29, 1.82) is 0 Å². The molecule has 1 aromatic carbocycles. The topological polar surface area (TPSA) is 41.5 Å². The lowest BCUT2D eigenvalue weighted by molar-refractivity contribution is 0.00636. The Morgan fingerprint density at radius 3 is 2.90 bits per heavy atom. The van der Waals surface area contributed by atoms with Gasteiger partial charge in [0.2, 0.25) is 0 Å². The van der Waals surface area contributed by atoms with E-state index < -0.39 is 0 Å². The molecule has 1 aliphatic rings. The second-order valence-corrected chi connectivity index (χ2v) is 5.81. The molecule has 0 bridgehead atoms. The first kappa shape index (κ1) is 15.6. The van der Waals surface area contributed by atoms with Crippen LogP contribution >= 0.6 is 11.6 Å². The maximum Gasteiger partial charge on any atom is 0.125 e. The van der Waals surface area contributed by atoms with Gasteiger partial charge in [0.25, 0.3) is 0 Å². The van der Waals surface area contributed by atoms with E-state index in [-0.39, 0.29) is 12.2 Å². The molecule has 4 heteroatoms. The minimum atomic E-state index is -0.362. The highest BCUT2D eigenvalue weighted by molar-refractivity contribution is 6.31.